The van der Waals surface area contributed by atoms with Gasteiger partial charge in [0.2, 0.25) is 10.0 Å². The molecule has 0 aromatic carbocycles. The molecule has 6 nitrogen and oxygen atoms in total. The molecule has 1 saturated heterocycles. The number of nitrogens with zero attached hydrogens (tertiary/aromatic N) is 3. The van der Waals surface area contributed by atoms with Gasteiger partial charge in [-0.25, -0.2) is 8.42 Å². The minimum atomic E-state index is -3.34. The summed E-state index contributed by atoms with van der Waals surface area (Å²) in [7, 11) is -1.54. The van der Waals surface area contributed by atoms with Crippen molar-refractivity contribution in [3.05, 3.63) is 16.4 Å². The van der Waals surface area contributed by atoms with Crippen LogP contribution in [0.4, 0.5) is 0 Å². The molecule has 1 aliphatic rings. The van der Waals surface area contributed by atoms with Crippen LogP contribution in [0.2, 0.25) is 0 Å². The predicted molar refractivity (Wildman–Crippen MR) is 68.4 cm³/mol. The van der Waals surface area contributed by atoms with Crippen LogP contribution in [0.25, 0.3) is 0 Å². The van der Waals surface area contributed by atoms with Crippen molar-refractivity contribution in [2.24, 2.45) is 12.0 Å². The number of aromatic nitrogens is 1. The summed E-state index contributed by atoms with van der Waals surface area (Å²) in [6.07, 6.45) is 4.18. The quantitative estimate of drug-likeness (QED) is 0.765. The van der Waals surface area contributed by atoms with Crippen LogP contribution in [-0.4, -0.2) is 42.0 Å². The molecule has 0 saturated carbocycles. The minimum absolute atomic E-state index is 0.379. The summed E-state index contributed by atoms with van der Waals surface area (Å²) in [5, 5.41) is 1.83. The van der Waals surface area contributed by atoms with Gasteiger partial charge in [-0.2, -0.15) is 9.30 Å². The molecule has 1 aromatic heterocycles. The van der Waals surface area contributed by atoms with E-state index in [9.17, 15) is 13.2 Å². The van der Waals surface area contributed by atoms with Crippen molar-refractivity contribution < 1.29 is 13.2 Å². The van der Waals surface area contributed by atoms with E-state index in [2.05, 4.69) is 4.99 Å². The molecule has 8 heteroatoms. The Morgan fingerprint density at radius 2 is 2.28 bits per heavy atom. The van der Waals surface area contributed by atoms with E-state index in [1.54, 1.807) is 17.8 Å². The van der Waals surface area contributed by atoms with E-state index >= 15 is 0 Å². The highest BCUT2D eigenvalue weighted by Crippen LogP contribution is 2.21. The minimum Gasteiger partial charge on any atom is -0.327 e. The molecule has 0 spiro atoms. The molecule has 0 unspecified atom stereocenters. The van der Waals surface area contributed by atoms with Gasteiger partial charge in [-0.3, -0.25) is 4.79 Å². The number of amides is 1. The van der Waals surface area contributed by atoms with Gasteiger partial charge in [0, 0.05) is 25.2 Å². The largest absolute Gasteiger partial charge is 0.327 e. The first-order valence-corrected chi connectivity index (χ1v) is 8.28. The smallest absolute Gasteiger partial charge is 0.266 e. The van der Waals surface area contributed by atoms with E-state index < -0.39 is 16.1 Å². The zero-order chi connectivity index (χ0) is 13.3. The molecule has 1 aromatic rings. The van der Waals surface area contributed by atoms with Crippen LogP contribution in [0.3, 0.4) is 0 Å². The number of thiazole rings is 1. The Hall–Kier alpha value is -0.990. The van der Waals surface area contributed by atoms with Gasteiger partial charge in [-0.15, -0.1) is 11.3 Å². The summed E-state index contributed by atoms with van der Waals surface area (Å²) in [4.78, 5) is 16.6. The van der Waals surface area contributed by atoms with Crippen LogP contribution in [0.1, 0.15) is 12.8 Å². The summed E-state index contributed by atoms with van der Waals surface area (Å²) in [6, 6.07) is -0.637. The van der Waals surface area contributed by atoms with Crippen molar-refractivity contribution in [2.75, 3.05) is 12.8 Å². The van der Waals surface area contributed by atoms with Gasteiger partial charge in [0.25, 0.3) is 5.91 Å². The fraction of sp³-hybridized carbons (Fsp3) is 0.600. The fourth-order valence-corrected chi connectivity index (χ4v) is 3.84. The zero-order valence-electron chi connectivity index (χ0n) is 10.2. The first-order valence-electron chi connectivity index (χ1n) is 5.55. The maximum atomic E-state index is 12.0. The molecule has 1 fully saturated rings. The molecule has 2 rings (SSSR count). The van der Waals surface area contributed by atoms with Gasteiger partial charge in [0.05, 0.1) is 6.26 Å². The maximum absolute atomic E-state index is 12.0. The highest BCUT2D eigenvalue weighted by Gasteiger charge is 2.36. The standard InChI is InChI=1S/C10H15N3O3S2/c1-12-6-7-17-10(12)11-9(14)8-4-3-5-13(8)18(2,15)16/h6-8H,3-5H2,1-2H3/t8-/m1/s1. The highest BCUT2D eigenvalue weighted by molar-refractivity contribution is 7.88. The second kappa shape index (κ2) is 4.94. The van der Waals surface area contributed by atoms with Crippen LogP contribution in [0.15, 0.2) is 16.6 Å². The van der Waals surface area contributed by atoms with Crippen LogP contribution in [-0.2, 0) is 21.9 Å². The van der Waals surface area contributed by atoms with E-state index in [1.807, 2.05) is 5.38 Å². The Morgan fingerprint density at radius 3 is 2.83 bits per heavy atom. The average molecular weight is 289 g/mol. The molecule has 100 valence electrons. The van der Waals surface area contributed by atoms with Gasteiger partial charge >= 0.3 is 0 Å². The normalized spacial score (nSPS) is 22.6. The maximum Gasteiger partial charge on any atom is 0.266 e. The lowest BCUT2D eigenvalue weighted by Crippen LogP contribution is -2.39. The van der Waals surface area contributed by atoms with Gasteiger partial charge < -0.3 is 4.57 Å². The van der Waals surface area contributed by atoms with E-state index in [4.69, 9.17) is 0 Å². The van der Waals surface area contributed by atoms with Crippen LogP contribution in [0.5, 0.6) is 0 Å². The summed E-state index contributed by atoms with van der Waals surface area (Å²) in [6.45, 7) is 0.404. The number of aryl methyl sites for hydroxylation is 1. The van der Waals surface area contributed by atoms with Crippen molar-refractivity contribution in [3.8, 4) is 0 Å². The van der Waals surface area contributed by atoms with Gasteiger partial charge in [-0.05, 0) is 12.8 Å². The van der Waals surface area contributed by atoms with E-state index in [0.29, 0.717) is 24.2 Å². The van der Waals surface area contributed by atoms with Crippen LogP contribution >= 0.6 is 11.3 Å². The summed E-state index contributed by atoms with van der Waals surface area (Å²) >= 11 is 1.35. The van der Waals surface area contributed by atoms with Gasteiger partial charge in [0.1, 0.15) is 6.04 Å². The third-order valence-corrected chi connectivity index (χ3v) is 5.02. The molecule has 0 bridgehead atoms. The molecule has 1 aliphatic heterocycles. The Morgan fingerprint density at radius 1 is 1.56 bits per heavy atom. The molecule has 0 aliphatic carbocycles. The predicted octanol–water partition coefficient (Wildman–Crippen LogP) is -0.0621. The second-order valence-corrected chi connectivity index (χ2v) is 7.09. The first-order chi connectivity index (χ1) is 8.39. The number of carbonyl (C=O) groups excluding carboxylic acids is 1. The second-order valence-electron chi connectivity index (χ2n) is 4.28. The summed E-state index contributed by atoms with van der Waals surface area (Å²) in [5.74, 6) is -0.379. The monoisotopic (exact) mass is 289 g/mol. The zero-order valence-corrected chi connectivity index (χ0v) is 11.9. The number of hydrogen-bond acceptors (Lipinski definition) is 4. The van der Waals surface area contributed by atoms with Crippen LogP contribution in [0, 0.1) is 0 Å². The van der Waals surface area contributed by atoms with Crippen molar-refractivity contribution >= 4 is 27.3 Å². The Bertz CT molecular complexity index is 614. The molecule has 2 heterocycles. The molecule has 18 heavy (non-hydrogen) atoms. The van der Waals surface area contributed by atoms with E-state index in [0.717, 1.165) is 6.26 Å². The van der Waals surface area contributed by atoms with Gasteiger partial charge in [0.15, 0.2) is 4.80 Å². The number of sulfonamides is 1. The van der Waals surface area contributed by atoms with Crippen molar-refractivity contribution in [1.29, 1.82) is 0 Å². The SMILES string of the molecule is Cn1ccsc1=NC(=O)[C@H]1CCCN1S(C)(=O)=O. The number of hydrogen-bond donors (Lipinski definition) is 0. The Labute approximate surface area is 110 Å². The highest BCUT2D eigenvalue weighted by atomic mass is 32.2. The Kier molecular flexibility index (Phi) is 3.69. The van der Waals surface area contributed by atoms with Crippen molar-refractivity contribution in [2.45, 2.75) is 18.9 Å². The molecule has 1 atom stereocenters. The molecule has 1 amide bonds. The van der Waals surface area contributed by atoms with Crippen LogP contribution < -0.4 is 4.80 Å². The number of rotatable bonds is 2. The summed E-state index contributed by atoms with van der Waals surface area (Å²) in [5.41, 5.74) is 0. The fourth-order valence-electron chi connectivity index (χ4n) is 1.99. The lowest BCUT2D eigenvalue weighted by Gasteiger charge is -2.18. The topological polar surface area (TPSA) is 71.7 Å². The average Bonchev–Trinajstić information content (AvgIpc) is 2.86. The first kappa shape index (κ1) is 13.4. The molecular weight excluding hydrogens is 274 g/mol. The lowest BCUT2D eigenvalue weighted by molar-refractivity contribution is -0.121. The lowest BCUT2D eigenvalue weighted by atomic mass is 10.2. The van der Waals surface area contributed by atoms with E-state index in [-0.39, 0.29) is 5.91 Å². The molecule has 0 N–H and O–H groups in total. The third-order valence-electron chi connectivity index (χ3n) is 2.88. The third kappa shape index (κ3) is 2.70. The summed E-state index contributed by atoms with van der Waals surface area (Å²) < 4.78 is 26.1. The number of carbonyl (C=O) groups is 1. The van der Waals surface area contributed by atoms with Crippen molar-refractivity contribution in [3.63, 3.8) is 0 Å². The van der Waals surface area contributed by atoms with E-state index in [1.165, 1.54) is 15.6 Å². The Balaban J connectivity index is 2.28. The van der Waals surface area contributed by atoms with Gasteiger partial charge in [-0.1, -0.05) is 0 Å². The van der Waals surface area contributed by atoms with Crippen molar-refractivity contribution in [1.82, 2.24) is 8.87 Å². The molecule has 0 radical (unpaired) electrons. The molecular formula is C10H15N3O3S2.